The van der Waals surface area contributed by atoms with Gasteiger partial charge in [0, 0.05) is 17.3 Å². The third-order valence-electron chi connectivity index (χ3n) is 4.32. The van der Waals surface area contributed by atoms with Crippen molar-refractivity contribution in [3.8, 4) is 23.0 Å². The van der Waals surface area contributed by atoms with Crippen LogP contribution in [0.3, 0.4) is 0 Å². The number of guanidine groups is 1. The number of rotatable bonds is 8. The van der Waals surface area contributed by atoms with Crippen LogP contribution in [-0.4, -0.2) is 31.8 Å². The summed E-state index contributed by atoms with van der Waals surface area (Å²) in [5, 5.41) is 13.5. The van der Waals surface area contributed by atoms with Gasteiger partial charge in [0.05, 0.1) is 20.8 Å². The van der Waals surface area contributed by atoms with Crippen LogP contribution in [0.4, 0.5) is 5.69 Å². The summed E-state index contributed by atoms with van der Waals surface area (Å²) >= 11 is 0. The third-order valence-corrected chi connectivity index (χ3v) is 4.32. The van der Waals surface area contributed by atoms with E-state index in [2.05, 4.69) is 10.3 Å². The highest BCUT2D eigenvalue weighted by atomic mass is 16.5. The Balaban J connectivity index is 1.65. The van der Waals surface area contributed by atoms with Crippen LogP contribution < -0.4 is 25.3 Å². The molecule has 1 unspecified atom stereocenters. The fraction of sp³-hybridized carbons (Fsp3) is 0.174. The lowest BCUT2D eigenvalue weighted by Crippen LogP contribution is -2.23. The molecule has 0 radical (unpaired) electrons. The number of nitrogens with zero attached hydrogens (tertiary/aromatic N) is 1. The van der Waals surface area contributed by atoms with Crippen molar-refractivity contribution in [1.29, 1.82) is 0 Å². The standard InChI is InChI=1S/C23H25N3O4/c1-28-18-11-12-22(29-2)20(14-18)21(27)15-25-23(24)26-16-7-6-10-19(13-16)30-17-8-4-3-5-9-17/h3-14,21,27H,15H2,1-2H3,(H3,24,25,26). The SMILES string of the molecule is COc1ccc(OC)c(C(O)CN=C(N)Nc2cccc(Oc3ccccc3)c2)c1. The van der Waals surface area contributed by atoms with Crippen LogP contribution in [0.1, 0.15) is 11.7 Å². The molecule has 7 heteroatoms. The Morgan fingerprint density at radius 2 is 1.70 bits per heavy atom. The zero-order chi connectivity index (χ0) is 21.3. The molecule has 3 rings (SSSR count). The monoisotopic (exact) mass is 407 g/mol. The molecule has 3 aromatic rings. The first-order valence-corrected chi connectivity index (χ1v) is 9.39. The zero-order valence-corrected chi connectivity index (χ0v) is 16.9. The third kappa shape index (κ3) is 5.65. The van der Waals surface area contributed by atoms with Crippen molar-refractivity contribution in [1.82, 2.24) is 0 Å². The van der Waals surface area contributed by atoms with Crippen molar-refractivity contribution in [3.63, 3.8) is 0 Å². The molecule has 1 atom stereocenters. The van der Waals surface area contributed by atoms with E-state index < -0.39 is 6.10 Å². The molecule has 30 heavy (non-hydrogen) atoms. The van der Waals surface area contributed by atoms with E-state index in [4.69, 9.17) is 19.9 Å². The topological polar surface area (TPSA) is 98.3 Å². The summed E-state index contributed by atoms with van der Waals surface area (Å²) in [7, 11) is 3.11. The lowest BCUT2D eigenvalue weighted by molar-refractivity contribution is 0.182. The Morgan fingerprint density at radius 1 is 0.933 bits per heavy atom. The number of hydrogen-bond donors (Lipinski definition) is 3. The highest BCUT2D eigenvalue weighted by Crippen LogP contribution is 2.29. The summed E-state index contributed by atoms with van der Waals surface area (Å²) in [4.78, 5) is 4.24. The lowest BCUT2D eigenvalue weighted by Gasteiger charge is -2.15. The molecule has 3 aromatic carbocycles. The molecular weight excluding hydrogens is 382 g/mol. The van der Waals surface area contributed by atoms with Crippen LogP contribution in [0.5, 0.6) is 23.0 Å². The van der Waals surface area contributed by atoms with E-state index in [1.54, 1.807) is 32.4 Å². The second-order valence-electron chi connectivity index (χ2n) is 6.42. The minimum atomic E-state index is -0.900. The smallest absolute Gasteiger partial charge is 0.193 e. The molecule has 0 spiro atoms. The van der Waals surface area contributed by atoms with E-state index >= 15 is 0 Å². The van der Waals surface area contributed by atoms with Gasteiger partial charge in [0.15, 0.2) is 5.96 Å². The summed E-state index contributed by atoms with van der Waals surface area (Å²) < 4.78 is 16.3. The van der Waals surface area contributed by atoms with Gasteiger partial charge in [-0.25, -0.2) is 0 Å². The fourth-order valence-corrected chi connectivity index (χ4v) is 2.83. The second kappa shape index (κ2) is 10.2. The van der Waals surface area contributed by atoms with Crippen LogP contribution in [0.25, 0.3) is 0 Å². The number of para-hydroxylation sites is 1. The van der Waals surface area contributed by atoms with Crippen LogP contribution >= 0.6 is 0 Å². The van der Waals surface area contributed by atoms with Crippen molar-refractivity contribution < 1.29 is 19.3 Å². The number of nitrogens with two attached hydrogens (primary N) is 1. The Kier molecular flexibility index (Phi) is 7.13. The molecule has 7 nitrogen and oxygen atoms in total. The average Bonchev–Trinajstić information content (AvgIpc) is 2.78. The number of anilines is 1. The predicted octanol–water partition coefficient (Wildman–Crippen LogP) is 3.96. The van der Waals surface area contributed by atoms with Gasteiger partial charge >= 0.3 is 0 Å². The van der Waals surface area contributed by atoms with Crippen LogP contribution in [-0.2, 0) is 0 Å². The largest absolute Gasteiger partial charge is 0.497 e. The first-order chi connectivity index (χ1) is 14.6. The Bertz CT molecular complexity index is 993. The highest BCUT2D eigenvalue weighted by molar-refractivity contribution is 5.92. The number of hydrogen-bond acceptors (Lipinski definition) is 5. The Morgan fingerprint density at radius 3 is 2.43 bits per heavy atom. The number of aliphatic hydroxyl groups excluding tert-OH is 1. The highest BCUT2D eigenvalue weighted by Gasteiger charge is 2.14. The van der Waals surface area contributed by atoms with E-state index in [0.29, 0.717) is 22.8 Å². The van der Waals surface area contributed by atoms with Gasteiger partial charge in [0.25, 0.3) is 0 Å². The van der Waals surface area contributed by atoms with E-state index in [0.717, 1.165) is 11.4 Å². The average molecular weight is 407 g/mol. The van der Waals surface area contributed by atoms with Crippen molar-refractivity contribution in [2.75, 3.05) is 26.1 Å². The predicted molar refractivity (Wildman–Crippen MR) is 118 cm³/mol. The molecule has 0 heterocycles. The minimum absolute atomic E-state index is 0.0581. The van der Waals surface area contributed by atoms with Gasteiger partial charge in [-0.15, -0.1) is 0 Å². The first-order valence-electron chi connectivity index (χ1n) is 9.39. The molecule has 156 valence electrons. The summed E-state index contributed by atoms with van der Waals surface area (Å²) in [5.41, 5.74) is 7.29. The number of aliphatic hydroxyl groups is 1. The molecule has 0 amide bonds. The molecule has 0 aliphatic rings. The summed E-state index contributed by atoms with van der Waals surface area (Å²) in [6.45, 7) is 0.0581. The van der Waals surface area contributed by atoms with Crippen LogP contribution in [0.15, 0.2) is 77.8 Å². The van der Waals surface area contributed by atoms with Gasteiger partial charge in [-0.2, -0.15) is 0 Å². The normalized spacial score (nSPS) is 12.2. The van der Waals surface area contributed by atoms with E-state index in [1.165, 1.54) is 0 Å². The van der Waals surface area contributed by atoms with Gasteiger partial charge in [0.1, 0.15) is 29.1 Å². The van der Waals surface area contributed by atoms with E-state index in [-0.39, 0.29) is 12.5 Å². The molecule has 0 aromatic heterocycles. The van der Waals surface area contributed by atoms with Crippen LogP contribution in [0, 0.1) is 0 Å². The lowest BCUT2D eigenvalue weighted by atomic mass is 10.1. The maximum atomic E-state index is 10.5. The van der Waals surface area contributed by atoms with E-state index in [1.807, 2.05) is 54.6 Å². The molecule has 4 N–H and O–H groups in total. The van der Waals surface area contributed by atoms with Gasteiger partial charge in [-0.3, -0.25) is 4.99 Å². The van der Waals surface area contributed by atoms with Crippen molar-refractivity contribution in [2.45, 2.75) is 6.10 Å². The molecule has 0 aliphatic heterocycles. The summed E-state index contributed by atoms with van der Waals surface area (Å²) in [6.07, 6.45) is -0.900. The molecular formula is C23H25N3O4. The van der Waals surface area contributed by atoms with Gasteiger partial charge < -0.3 is 30.4 Å². The van der Waals surface area contributed by atoms with Crippen molar-refractivity contribution in [3.05, 3.63) is 78.4 Å². The Labute approximate surface area is 175 Å². The molecule has 0 saturated carbocycles. The number of benzene rings is 3. The second-order valence-corrected chi connectivity index (χ2v) is 6.42. The number of ether oxygens (including phenoxy) is 3. The van der Waals surface area contributed by atoms with Crippen molar-refractivity contribution >= 4 is 11.6 Å². The van der Waals surface area contributed by atoms with Crippen LogP contribution in [0.2, 0.25) is 0 Å². The van der Waals surface area contributed by atoms with Gasteiger partial charge in [-0.05, 0) is 42.5 Å². The molecule has 0 saturated heterocycles. The van der Waals surface area contributed by atoms with E-state index in [9.17, 15) is 5.11 Å². The maximum Gasteiger partial charge on any atom is 0.193 e. The number of nitrogens with one attached hydrogen (secondary N) is 1. The number of aliphatic imine (C=N–C) groups is 1. The van der Waals surface area contributed by atoms with Gasteiger partial charge in [-0.1, -0.05) is 24.3 Å². The summed E-state index contributed by atoms with van der Waals surface area (Å²) in [5.74, 6) is 2.76. The first kappa shape index (κ1) is 21.0. The zero-order valence-electron chi connectivity index (χ0n) is 16.9. The maximum absolute atomic E-state index is 10.5. The summed E-state index contributed by atoms with van der Waals surface area (Å²) in [6, 6.07) is 22.1. The quantitative estimate of drug-likeness (QED) is 0.386. The molecule has 0 aliphatic carbocycles. The molecule has 0 fully saturated rings. The minimum Gasteiger partial charge on any atom is -0.497 e. The fourth-order valence-electron chi connectivity index (χ4n) is 2.83. The Hall–Kier alpha value is -3.71. The van der Waals surface area contributed by atoms with Crippen molar-refractivity contribution in [2.24, 2.45) is 10.7 Å². The number of methoxy groups -OCH3 is 2. The van der Waals surface area contributed by atoms with Gasteiger partial charge in [0.2, 0.25) is 0 Å². The molecule has 0 bridgehead atoms.